The van der Waals surface area contributed by atoms with Gasteiger partial charge in [-0.25, -0.2) is 0 Å². The zero-order valence-corrected chi connectivity index (χ0v) is 7.77. The van der Waals surface area contributed by atoms with Crippen LogP contribution in [0.4, 0.5) is 5.69 Å². The van der Waals surface area contributed by atoms with E-state index in [-0.39, 0.29) is 5.78 Å². The van der Waals surface area contributed by atoms with E-state index in [0.29, 0.717) is 16.3 Å². The Bertz CT molecular complexity index is 310. The molecule has 0 saturated heterocycles. The fraction of sp³-hybridized carbons (Fsp3) is 0.222. The van der Waals surface area contributed by atoms with Crippen molar-refractivity contribution in [2.24, 2.45) is 0 Å². The second-order valence-electron chi connectivity index (χ2n) is 2.73. The third kappa shape index (κ3) is 1.59. The van der Waals surface area contributed by atoms with E-state index in [1.807, 2.05) is 6.92 Å². The molecule has 0 radical (unpaired) electrons. The summed E-state index contributed by atoms with van der Waals surface area (Å²) in [5, 5.41) is 0.542. The molecule has 0 aliphatic rings. The van der Waals surface area contributed by atoms with Crippen molar-refractivity contribution in [3.05, 3.63) is 28.3 Å². The molecule has 0 aromatic heterocycles. The molecule has 0 atom stereocenters. The van der Waals surface area contributed by atoms with Gasteiger partial charge in [-0.05, 0) is 31.5 Å². The SMILES string of the molecule is CC(=O)c1cc(N)c(C)c(Cl)c1. The Balaban J connectivity index is 3.31. The van der Waals surface area contributed by atoms with Crippen LogP contribution in [0, 0.1) is 6.92 Å². The molecule has 64 valence electrons. The Morgan fingerprint density at radius 1 is 1.50 bits per heavy atom. The van der Waals surface area contributed by atoms with Gasteiger partial charge in [-0.15, -0.1) is 0 Å². The average Bonchev–Trinajstić information content (AvgIpc) is 1.99. The zero-order chi connectivity index (χ0) is 9.30. The smallest absolute Gasteiger partial charge is 0.159 e. The number of ketones is 1. The summed E-state index contributed by atoms with van der Waals surface area (Å²) in [6.45, 7) is 3.31. The second-order valence-corrected chi connectivity index (χ2v) is 3.14. The van der Waals surface area contributed by atoms with Gasteiger partial charge < -0.3 is 5.73 Å². The molecule has 0 aliphatic heterocycles. The lowest BCUT2D eigenvalue weighted by Crippen LogP contribution is -1.97. The standard InChI is InChI=1S/C9H10ClNO/c1-5-8(10)3-7(6(2)12)4-9(5)11/h3-4H,11H2,1-2H3. The minimum Gasteiger partial charge on any atom is -0.398 e. The average molecular weight is 184 g/mol. The van der Waals surface area contributed by atoms with Crippen LogP contribution in [-0.4, -0.2) is 5.78 Å². The van der Waals surface area contributed by atoms with Crippen LogP contribution in [-0.2, 0) is 0 Å². The number of halogens is 1. The van der Waals surface area contributed by atoms with Crippen molar-refractivity contribution >= 4 is 23.1 Å². The van der Waals surface area contributed by atoms with Crippen molar-refractivity contribution in [3.8, 4) is 0 Å². The van der Waals surface area contributed by atoms with E-state index in [1.54, 1.807) is 12.1 Å². The maximum absolute atomic E-state index is 10.9. The number of carbonyl (C=O) groups excluding carboxylic acids is 1. The molecule has 0 unspecified atom stereocenters. The molecule has 2 nitrogen and oxygen atoms in total. The third-order valence-corrected chi connectivity index (χ3v) is 2.18. The number of Topliss-reactive ketones (excluding diaryl/α,β-unsaturated/α-hetero) is 1. The van der Waals surface area contributed by atoms with Crippen molar-refractivity contribution in [3.63, 3.8) is 0 Å². The fourth-order valence-corrected chi connectivity index (χ4v) is 1.13. The van der Waals surface area contributed by atoms with E-state index in [9.17, 15) is 4.79 Å². The van der Waals surface area contributed by atoms with Crippen molar-refractivity contribution in [1.82, 2.24) is 0 Å². The van der Waals surface area contributed by atoms with Gasteiger partial charge in [0, 0.05) is 16.3 Å². The lowest BCUT2D eigenvalue weighted by molar-refractivity contribution is 0.101. The van der Waals surface area contributed by atoms with Gasteiger partial charge in [0.1, 0.15) is 0 Å². The highest BCUT2D eigenvalue weighted by molar-refractivity contribution is 6.32. The summed E-state index contributed by atoms with van der Waals surface area (Å²) in [4.78, 5) is 10.9. The van der Waals surface area contributed by atoms with Crippen LogP contribution in [0.1, 0.15) is 22.8 Å². The summed E-state index contributed by atoms with van der Waals surface area (Å²) in [6.07, 6.45) is 0. The van der Waals surface area contributed by atoms with Crippen LogP contribution < -0.4 is 5.73 Å². The first kappa shape index (κ1) is 9.07. The first-order chi connectivity index (χ1) is 5.52. The van der Waals surface area contributed by atoms with E-state index >= 15 is 0 Å². The van der Waals surface area contributed by atoms with E-state index in [2.05, 4.69) is 0 Å². The van der Waals surface area contributed by atoms with Crippen LogP contribution in [0.3, 0.4) is 0 Å². The summed E-state index contributed by atoms with van der Waals surface area (Å²) in [6, 6.07) is 3.28. The Morgan fingerprint density at radius 3 is 2.50 bits per heavy atom. The van der Waals surface area contributed by atoms with Crippen molar-refractivity contribution in [1.29, 1.82) is 0 Å². The van der Waals surface area contributed by atoms with Crippen molar-refractivity contribution < 1.29 is 4.79 Å². The van der Waals surface area contributed by atoms with Crippen molar-refractivity contribution in [2.45, 2.75) is 13.8 Å². The van der Waals surface area contributed by atoms with Crippen LogP contribution in [0.15, 0.2) is 12.1 Å². The summed E-state index contributed by atoms with van der Waals surface area (Å²) >= 11 is 5.83. The van der Waals surface area contributed by atoms with Gasteiger partial charge in [-0.1, -0.05) is 11.6 Å². The molecule has 1 aromatic rings. The first-order valence-electron chi connectivity index (χ1n) is 3.59. The summed E-state index contributed by atoms with van der Waals surface area (Å²) < 4.78 is 0. The molecule has 0 amide bonds. The Labute approximate surface area is 76.3 Å². The first-order valence-corrected chi connectivity index (χ1v) is 3.96. The number of hydrogen-bond acceptors (Lipinski definition) is 2. The third-order valence-electron chi connectivity index (χ3n) is 1.79. The molecule has 3 heteroatoms. The number of nitrogens with two attached hydrogens (primary N) is 1. The Kier molecular flexibility index (Phi) is 2.38. The normalized spacial score (nSPS) is 9.92. The van der Waals surface area contributed by atoms with E-state index in [4.69, 9.17) is 17.3 Å². The van der Waals surface area contributed by atoms with Gasteiger partial charge in [-0.2, -0.15) is 0 Å². The van der Waals surface area contributed by atoms with Crippen LogP contribution in [0.2, 0.25) is 5.02 Å². The van der Waals surface area contributed by atoms with Crippen LogP contribution in [0.5, 0.6) is 0 Å². The molecule has 2 N–H and O–H groups in total. The molecule has 1 rings (SSSR count). The van der Waals surface area contributed by atoms with Gasteiger partial charge in [0.05, 0.1) is 0 Å². The van der Waals surface area contributed by atoms with Gasteiger partial charge in [0.25, 0.3) is 0 Å². The maximum atomic E-state index is 10.9. The molecule has 0 bridgehead atoms. The summed E-state index contributed by atoms with van der Waals surface area (Å²) in [7, 11) is 0. The molecule has 0 spiro atoms. The minimum absolute atomic E-state index is 0.0244. The minimum atomic E-state index is -0.0244. The molecule has 1 aromatic carbocycles. The highest BCUT2D eigenvalue weighted by atomic mass is 35.5. The van der Waals surface area contributed by atoms with Gasteiger partial charge in [0.15, 0.2) is 5.78 Å². The monoisotopic (exact) mass is 183 g/mol. The topological polar surface area (TPSA) is 43.1 Å². The van der Waals surface area contributed by atoms with E-state index in [1.165, 1.54) is 6.92 Å². The van der Waals surface area contributed by atoms with Crippen LogP contribution >= 0.6 is 11.6 Å². The maximum Gasteiger partial charge on any atom is 0.159 e. The number of benzene rings is 1. The summed E-state index contributed by atoms with van der Waals surface area (Å²) in [5.74, 6) is -0.0244. The highest BCUT2D eigenvalue weighted by Gasteiger charge is 2.05. The fourth-order valence-electron chi connectivity index (χ4n) is 0.903. The van der Waals surface area contributed by atoms with Gasteiger partial charge >= 0.3 is 0 Å². The highest BCUT2D eigenvalue weighted by Crippen LogP contribution is 2.23. The Hall–Kier alpha value is -1.02. The zero-order valence-electron chi connectivity index (χ0n) is 7.02. The van der Waals surface area contributed by atoms with Gasteiger partial charge in [0.2, 0.25) is 0 Å². The lowest BCUT2D eigenvalue weighted by atomic mass is 10.1. The molecule has 0 aliphatic carbocycles. The number of nitrogen functional groups attached to an aromatic ring is 1. The molecular formula is C9H10ClNO. The number of hydrogen-bond donors (Lipinski definition) is 1. The van der Waals surface area contributed by atoms with Gasteiger partial charge in [-0.3, -0.25) is 4.79 Å². The molecule has 0 saturated carbocycles. The van der Waals surface area contributed by atoms with E-state index < -0.39 is 0 Å². The predicted octanol–water partition coefficient (Wildman–Crippen LogP) is 2.43. The Morgan fingerprint density at radius 2 is 2.08 bits per heavy atom. The lowest BCUT2D eigenvalue weighted by Gasteiger charge is -2.04. The molecule has 0 fully saturated rings. The van der Waals surface area contributed by atoms with E-state index in [0.717, 1.165) is 5.56 Å². The molecular weight excluding hydrogens is 174 g/mol. The number of anilines is 1. The number of carbonyl (C=O) groups is 1. The summed E-state index contributed by atoms with van der Waals surface area (Å²) in [5.41, 5.74) is 7.56. The molecule has 12 heavy (non-hydrogen) atoms. The second kappa shape index (κ2) is 3.15. The quantitative estimate of drug-likeness (QED) is 0.537. The van der Waals surface area contributed by atoms with Crippen LogP contribution in [0.25, 0.3) is 0 Å². The number of rotatable bonds is 1. The largest absolute Gasteiger partial charge is 0.398 e. The predicted molar refractivity (Wildman–Crippen MR) is 50.6 cm³/mol. The van der Waals surface area contributed by atoms with Crippen molar-refractivity contribution in [2.75, 3.05) is 5.73 Å². The molecule has 0 heterocycles.